The summed E-state index contributed by atoms with van der Waals surface area (Å²) in [6.07, 6.45) is 3.07. The summed E-state index contributed by atoms with van der Waals surface area (Å²) in [6, 6.07) is 11.3. The third-order valence-corrected chi connectivity index (χ3v) is 4.18. The standard InChI is InChI=1S/C16H21N3/c1-12-7-14(9-17)11-19(12)10-13-4-5-16-15(8-13)3-2-6-18-16/h2-6,8,12,14H,7,9-11,17H2,1H3. The first-order valence-corrected chi connectivity index (χ1v) is 7.04. The quantitative estimate of drug-likeness (QED) is 0.915. The number of aromatic nitrogens is 1. The fraction of sp³-hybridized carbons (Fsp3) is 0.438. The molecule has 3 heteroatoms. The molecule has 2 heterocycles. The topological polar surface area (TPSA) is 42.1 Å². The van der Waals surface area contributed by atoms with Gasteiger partial charge >= 0.3 is 0 Å². The zero-order valence-electron chi connectivity index (χ0n) is 11.4. The van der Waals surface area contributed by atoms with Gasteiger partial charge in [0.05, 0.1) is 5.52 Å². The predicted octanol–water partition coefficient (Wildman–Crippen LogP) is 2.40. The molecule has 100 valence electrons. The van der Waals surface area contributed by atoms with E-state index in [1.807, 2.05) is 12.3 Å². The van der Waals surface area contributed by atoms with Crippen LogP contribution >= 0.6 is 0 Å². The van der Waals surface area contributed by atoms with Crippen LogP contribution in [-0.4, -0.2) is 29.0 Å². The van der Waals surface area contributed by atoms with Gasteiger partial charge in [0, 0.05) is 30.7 Å². The molecule has 1 fully saturated rings. The molecule has 2 atom stereocenters. The molecule has 1 saturated heterocycles. The second-order valence-corrected chi connectivity index (χ2v) is 5.65. The molecular formula is C16H21N3. The molecule has 3 nitrogen and oxygen atoms in total. The Morgan fingerprint density at radius 1 is 1.37 bits per heavy atom. The fourth-order valence-electron chi connectivity index (χ4n) is 3.07. The molecular weight excluding hydrogens is 234 g/mol. The molecule has 0 bridgehead atoms. The number of benzene rings is 1. The van der Waals surface area contributed by atoms with Crippen LogP contribution < -0.4 is 5.73 Å². The van der Waals surface area contributed by atoms with E-state index in [4.69, 9.17) is 5.73 Å². The second kappa shape index (κ2) is 5.27. The van der Waals surface area contributed by atoms with Crippen LogP contribution in [0.25, 0.3) is 10.9 Å². The van der Waals surface area contributed by atoms with E-state index in [-0.39, 0.29) is 0 Å². The van der Waals surface area contributed by atoms with Crippen LogP contribution in [0.1, 0.15) is 18.9 Å². The van der Waals surface area contributed by atoms with Gasteiger partial charge < -0.3 is 5.73 Å². The van der Waals surface area contributed by atoms with Crippen molar-refractivity contribution in [3.8, 4) is 0 Å². The molecule has 2 N–H and O–H groups in total. The Kier molecular flexibility index (Phi) is 3.49. The van der Waals surface area contributed by atoms with Crippen molar-refractivity contribution in [1.82, 2.24) is 9.88 Å². The van der Waals surface area contributed by atoms with Gasteiger partial charge in [0.2, 0.25) is 0 Å². The van der Waals surface area contributed by atoms with Gasteiger partial charge in [-0.05, 0) is 49.6 Å². The van der Waals surface area contributed by atoms with Crippen molar-refractivity contribution < 1.29 is 0 Å². The average molecular weight is 255 g/mol. The Balaban J connectivity index is 1.78. The highest BCUT2D eigenvalue weighted by Crippen LogP contribution is 2.24. The number of likely N-dealkylation sites (tertiary alicyclic amines) is 1. The SMILES string of the molecule is CC1CC(CN)CN1Cc1ccc2ncccc2c1. The number of rotatable bonds is 3. The summed E-state index contributed by atoms with van der Waals surface area (Å²) in [7, 11) is 0. The van der Waals surface area contributed by atoms with Gasteiger partial charge in [0.25, 0.3) is 0 Å². The summed E-state index contributed by atoms with van der Waals surface area (Å²) in [6.45, 7) is 5.26. The van der Waals surface area contributed by atoms with Crippen molar-refractivity contribution in [2.75, 3.05) is 13.1 Å². The van der Waals surface area contributed by atoms with E-state index in [9.17, 15) is 0 Å². The minimum Gasteiger partial charge on any atom is -0.330 e. The molecule has 1 aliphatic rings. The summed E-state index contributed by atoms with van der Waals surface area (Å²) in [4.78, 5) is 6.90. The monoisotopic (exact) mass is 255 g/mol. The highest BCUT2D eigenvalue weighted by atomic mass is 15.2. The molecule has 0 spiro atoms. The molecule has 0 aliphatic carbocycles. The third-order valence-electron chi connectivity index (χ3n) is 4.18. The van der Waals surface area contributed by atoms with Gasteiger partial charge in [-0.2, -0.15) is 0 Å². The summed E-state index contributed by atoms with van der Waals surface area (Å²) in [5, 5.41) is 1.22. The smallest absolute Gasteiger partial charge is 0.0702 e. The molecule has 19 heavy (non-hydrogen) atoms. The number of hydrogen-bond donors (Lipinski definition) is 1. The summed E-state index contributed by atoms with van der Waals surface area (Å²) in [5.74, 6) is 0.664. The van der Waals surface area contributed by atoms with E-state index < -0.39 is 0 Å². The maximum atomic E-state index is 5.79. The van der Waals surface area contributed by atoms with Crippen LogP contribution in [-0.2, 0) is 6.54 Å². The second-order valence-electron chi connectivity index (χ2n) is 5.65. The highest BCUT2D eigenvalue weighted by Gasteiger charge is 2.27. The van der Waals surface area contributed by atoms with Crippen molar-refractivity contribution in [2.24, 2.45) is 11.7 Å². The molecule has 0 radical (unpaired) electrons. The molecule has 2 unspecified atom stereocenters. The van der Waals surface area contributed by atoms with Gasteiger partial charge in [-0.3, -0.25) is 9.88 Å². The Morgan fingerprint density at radius 3 is 3.05 bits per heavy atom. The average Bonchev–Trinajstić information content (AvgIpc) is 2.79. The lowest BCUT2D eigenvalue weighted by Gasteiger charge is -2.21. The minimum absolute atomic E-state index is 0.637. The minimum atomic E-state index is 0.637. The first-order valence-electron chi connectivity index (χ1n) is 7.04. The van der Waals surface area contributed by atoms with Crippen molar-refractivity contribution in [3.05, 3.63) is 42.1 Å². The van der Waals surface area contributed by atoms with Gasteiger partial charge in [-0.1, -0.05) is 12.1 Å². The molecule has 1 aromatic heterocycles. The van der Waals surface area contributed by atoms with Crippen LogP contribution in [0.15, 0.2) is 36.5 Å². The van der Waals surface area contributed by atoms with E-state index in [2.05, 4.69) is 41.1 Å². The Hall–Kier alpha value is -1.45. The molecule has 0 saturated carbocycles. The normalized spacial score (nSPS) is 24.1. The van der Waals surface area contributed by atoms with Gasteiger partial charge in [0.15, 0.2) is 0 Å². The van der Waals surface area contributed by atoms with Crippen LogP contribution in [0, 0.1) is 5.92 Å². The largest absolute Gasteiger partial charge is 0.330 e. The first-order chi connectivity index (χ1) is 9.26. The number of fused-ring (bicyclic) bond motifs is 1. The van der Waals surface area contributed by atoms with Gasteiger partial charge in [0.1, 0.15) is 0 Å². The first kappa shape index (κ1) is 12.6. The van der Waals surface area contributed by atoms with Crippen molar-refractivity contribution in [3.63, 3.8) is 0 Å². The summed E-state index contributed by atoms with van der Waals surface area (Å²) < 4.78 is 0. The molecule has 1 aromatic carbocycles. The van der Waals surface area contributed by atoms with E-state index >= 15 is 0 Å². The third kappa shape index (κ3) is 2.62. The van der Waals surface area contributed by atoms with Crippen molar-refractivity contribution in [1.29, 1.82) is 0 Å². The van der Waals surface area contributed by atoms with Crippen molar-refractivity contribution >= 4 is 10.9 Å². The summed E-state index contributed by atoms with van der Waals surface area (Å²) in [5.41, 5.74) is 8.23. The van der Waals surface area contributed by atoms with Crippen LogP contribution in [0.4, 0.5) is 0 Å². The highest BCUT2D eigenvalue weighted by molar-refractivity contribution is 5.78. The molecule has 3 rings (SSSR count). The summed E-state index contributed by atoms with van der Waals surface area (Å²) >= 11 is 0. The van der Waals surface area contributed by atoms with Gasteiger partial charge in [-0.25, -0.2) is 0 Å². The van der Waals surface area contributed by atoms with E-state index in [0.717, 1.165) is 25.2 Å². The Bertz CT molecular complexity index is 567. The van der Waals surface area contributed by atoms with Crippen LogP contribution in [0.3, 0.4) is 0 Å². The lowest BCUT2D eigenvalue weighted by Crippen LogP contribution is -2.27. The maximum Gasteiger partial charge on any atom is 0.0702 e. The Morgan fingerprint density at radius 2 is 2.26 bits per heavy atom. The zero-order chi connectivity index (χ0) is 13.2. The lowest BCUT2D eigenvalue weighted by atomic mass is 10.1. The van der Waals surface area contributed by atoms with Crippen LogP contribution in [0.2, 0.25) is 0 Å². The number of pyridine rings is 1. The Labute approximate surface area is 114 Å². The van der Waals surface area contributed by atoms with Gasteiger partial charge in [-0.15, -0.1) is 0 Å². The molecule has 0 amide bonds. The fourth-order valence-corrected chi connectivity index (χ4v) is 3.07. The maximum absolute atomic E-state index is 5.79. The molecule has 1 aliphatic heterocycles. The number of hydrogen-bond acceptors (Lipinski definition) is 3. The lowest BCUT2D eigenvalue weighted by molar-refractivity contribution is 0.256. The van der Waals surface area contributed by atoms with Crippen LogP contribution in [0.5, 0.6) is 0 Å². The van der Waals surface area contributed by atoms with E-state index in [1.54, 1.807) is 0 Å². The van der Waals surface area contributed by atoms with Crippen molar-refractivity contribution in [2.45, 2.75) is 25.9 Å². The molecule has 2 aromatic rings. The van der Waals surface area contributed by atoms with E-state index in [0.29, 0.717) is 12.0 Å². The van der Waals surface area contributed by atoms with E-state index in [1.165, 1.54) is 17.4 Å². The number of nitrogens with two attached hydrogens (primary N) is 1. The zero-order valence-corrected chi connectivity index (χ0v) is 11.4. The number of nitrogens with zero attached hydrogens (tertiary/aromatic N) is 2. The predicted molar refractivity (Wildman–Crippen MR) is 78.8 cm³/mol.